The van der Waals surface area contributed by atoms with Crippen molar-refractivity contribution in [1.29, 1.82) is 0 Å². The molecule has 5 nitrogen and oxygen atoms in total. The molecule has 0 aromatic carbocycles. The van der Waals surface area contributed by atoms with Crippen LogP contribution in [0, 0.1) is 5.41 Å². The zero-order valence-electron chi connectivity index (χ0n) is 12.4. The fourth-order valence-electron chi connectivity index (χ4n) is 2.11. The molecule has 0 aliphatic heterocycles. The van der Waals surface area contributed by atoms with Crippen molar-refractivity contribution in [2.45, 2.75) is 13.8 Å². The van der Waals surface area contributed by atoms with E-state index in [1.54, 1.807) is 6.20 Å². The number of hydrogen-bond donors (Lipinski definition) is 1. The first-order valence-corrected chi connectivity index (χ1v) is 7.41. The van der Waals surface area contributed by atoms with Crippen LogP contribution in [0.1, 0.15) is 13.8 Å². The molecule has 0 unspecified atom stereocenters. The molecule has 20 heavy (non-hydrogen) atoms. The zero-order chi connectivity index (χ0) is 14.6. The van der Waals surface area contributed by atoms with Crippen LogP contribution in [-0.4, -0.2) is 47.3 Å². The maximum Gasteiger partial charge on any atom is 0.206 e. The smallest absolute Gasteiger partial charge is 0.206 e. The Morgan fingerprint density at radius 2 is 2.05 bits per heavy atom. The van der Waals surface area contributed by atoms with Crippen molar-refractivity contribution in [2.24, 2.45) is 5.41 Å². The van der Waals surface area contributed by atoms with Crippen LogP contribution < -0.4 is 5.32 Å². The normalized spacial score (nSPS) is 11.8. The summed E-state index contributed by atoms with van der Waals surface area (Å²) in [6.07, 6.45) is 1.77. The first kappa shape index (κ1) is 14.9. The van der Waals surface area contributed by atoms with Crippen LogP contribution in [0.2, 0.25) is 0 Å². The van der Waals surface area contributed by atoms with Gasteiger partial charge in [0.1, 0.15) is 5.69 Å². The van der Waals surface area contributed by atoms with Crippen molar-refractivity contribution in [3.63, 3.8) is 0 Å². The first-order chi connectivity index (χ1) is 9.46. The van der Waals surface area contributed by atoms with Gasteiger partial charge in [0.05, 0.1) is 0 Å². The third-order valence-electron chi connectivity index (χ3n) is 2.77. The number of pyridine rings is 1. The molecule has 6 heteroatoms. The predicted molar refractivity (Wildman–Crippen MR) is 84.0 cm³/mol. The lowest BCUT2D eigenvalue weighted by molar-refractivity contribution is 0.254. The summed E-state index contributed by atoms with van der Waals surface area (Å²) in [5.41, 5.74) is 1.05. The second-order valence-corrected chi connectivity index (χ2v) is 6.86. The molecular formula is C14H21N5S. The van der Waals surface area contributed by atoms with E-state index >= 15 is 0 Å². The molecule has 2 aromatic heterocycles. The lowest BCUT2D eigenvalue weighted by atomic mass is 9.93. The fourth-order valence-corrected chi connectivity index (χ4v) is 2.83. The second kappa shape index (κ2) is 6.28. The molecule has 0 saturated heterocycles. The van der Waals surface area contributed by atoms with Gasteiger partial charge in [-0.1, -0.05) is 31.3 Å². The summed E-state index contributed by atoms with van der Waals surface area (Å²) in [4.78, 5) is 6.48. The molecule has 108 valence electrons. The second-order valence-electron chi connectivity index (χ2n) is 5.88. The Kier molecular flexibility index (Phi) is 4.67. The van der Waals surface area contributed by atoms with E-state index in [2.05, 4.69) is 53.3 Å². The summed E-state index contributed by atoms with van der Waals surface area (Å²) in [6.45, 7) is 6.36. The zero-order valence-corrected chi connectivity index (χ0v) is 13.2. The van der Waals surface area contributed by atoms with Gasteiger partial charge in [-0.2, -0.15) is 0 Å². The molecule has 0 aliphatic rings. The van der Waals surface area contributed by atoms with Gasteiger partial charge in [0.2, 0.25) is 5.13 Å². The van der Waals surface area contributed by atoms with Gasteiger partial charge >= 0.3 is 0 Å². The quantitative estimate of drug-likeness (QED) is 0.886. The SMILES string of the molecule is CN(C)CC(C)(C)CNc1nnc(-c2ccccn2)s1. The average molecular weight is 291 g/mol. The maximum atomic E-state index is 4.28. The van der Waals surface area contributed by atoms with Gasteiger partial charge in [-0.25, -0.2) is 0 Å². The molecular weight excluding hydrogens is 270 g/mol. The Morgan fingerprint density at radius 1 is 1.25 bits per heavy atom. The van der Waals surface area contributed by atoms with Crippen molar-refractivity contribution < 1.29 is 0 Å². The third kappa shape index (κ3) is 4.25. The van der Waals surface area contributed by atoms with Crippen molar-refractivity contribution in [2.75, 3.05) is 32.5 Å². The van der Waals surface area contributed by atoms with E-state index < -0.39 is 0 Å². The van der Waals surface area contributed by atoms with Gasteiger partial charge in [0, 0.05) is 19.3 Å². The van der Waals surface area contributed by atoms with E-state index in [9.17, 15) is 0 Å². The predicted octanol–water partition coefficient (Wildman–Crippen LogP) is 2.60. The Bertz CT molecular complexity index is 536. The topological polar surface area (TPSA) is 53.9 Å². The van der Waals surface area contributed by atoms with Gasteiger partial charge in [0.15, 0.2) is 5.01 Å². The van der Waals surface area contributed by atoms with Crippen LogP contribution in [0.15, 0.2) is 24.4 Å². The standard InChI is InChI=1S/C14H21N5S/c1-14(2,10-19(3)4)9-16-13-18-17-12(20-13)11-7-5-6-8-15-11/h5-8H,9-10H2,1-4H3,(H,16,18). The monoisotopic (exact) mass is 291 g/mol. The number of rotatable bonds is 6. The van der Waals surface area contributed by atoms with Crippen LogP contribution in [-0.2, 0) is 0 Å². The van der Waals surface area contributed by atoms with Gasteiger partial charge in [-0.15, -0.1) is 10.2 Å². The summed E-state index contributed by atoms with van der Waals surface area (Å²) >= 11 is 1.54. The van der Waals surface area contributed by atoms with E-state index in [0.29, 0.717) is 0 Å². The van der Waals surface area contributed by atoms with Crippen LogP contribution in [0.3, 0.4) is 0 Å². The minimum Gasteiger partial charge on any atom is -0.359 e. The molecule has 1 N–H and O–H groups in total. The van der Waals surface area contributed by atoms with Crippen molar-refractivity contribution in [3.8, 4) is 10.7 Å². The summed E-state index contributed by atoms with van der Waals surface area (Å²) in [7, 11) is 4.18. The van der Waals surface area contributed by atoms with E-state index in [0.717, 1.165) is 28.9 Å². The number of anilines is 1. The lowest BCUT2D eigenvalue weighted by Crippen LogP contribution is -2.34. The highest BCUT2D eigenvalue weighted by Crippen LogP contribution is 2.25. The van der Waals surface area contributed by atoms with E-state index in [4.69, 9.17) is 0 Å². The van der Waals surface area contributed by atoms with Crippen molar-refractivity contribution in [3.05, 3.63) is 24.4 Å². The van der Waals surface area contributed by atoms with Crippen LogP contribution in [0.5, 0.6) is 0 Å². The van der Waals surface area contributed by atoms with E-state index in [1.165, 1.54) is 11.3 Å². The van der Waals surface area contributed by atoms with Gasteiger partial charge < -0.3 is 10.2 Å². The maximum absolute atomic E-state index is 4.28. The molecule has 0 radical (unpaired) electrons. The Morgan fingerprint density at radius 3 is 2.70 bits per heavy atom. The number of aromatic nitrogens is 3. The Labute approximate surface area is 124 Å². The van der Waals surface area contributed by atoms with Gasteiger partial charge in [-0.3, -0.25) is 4.98 Å². The Balaban J connectivity index is 1.97. The fraction of sp³-hybridized carbons (Fsp3) is 0.500. The van der Waals surface area contributed by atoms with Crippen molar-refractivity contribution >= 4 is 16.5 Å². The summed E-state index contributed by atoms with van der Waals surface area (Å²) in [5, 5.41) is 13.4. The first-order valence-electron chi connectivity index (χ1n) is 6.60. The van der Waals surface area contributed by atoms with Gasteiger partial charge in [-0.05, 0) is 31.6 Å². The number of nitrogens with one attached hydrogen (secondary N) is 1. The molecule has 0 spiro atoms. The van der Waals surface area contributed by atoms with E-state index in [-0.39, 0.29) is 5.41 Å². The number of nitrogens with zero attached hydrogens (tertiary/aromatic N) is 4. The Hall–Kier alpha value is -1.53. The highest BCUT2D eigenvalue weighted by atomic mass is 32.1. The molecule has 2 rings (SSSR count). The highest BCUT2D eigenvalue weighted by Gasteiger charge is 2.19. The third-order valence-corrected chi connectivity index (χ3v) is 3.67. The van der Waals surface area contributed by atoms with Crippen molar-refractivity contribution in [1.82, 2.24) is 20.1 Å². The minimum absolute atomic E-state index is 0.181. The molecule has 0 saturated carbocycles. The highest BCUT2D eigenvalue weighted by molar-refractivity contribution is 7.18. The summed E-state index contributed by atoms with van der Waals surface area (Å²) < 4.78 is 0. The number of hydrogen-bond acceptors (Lipinski definition) is 6. The van der Waals surface area contributed by atoms with E-state index in [1.807, 2.05) is 18.2 Å². The lowest BCUT2D eigenvalue weighted by Gasteiger charge is -2.28. The molecule has 0 bridgehead atoms. The molecule has 2 aromatic rings. The van der Waals surface area contributed by atoms with Crippen LogP contribution >= 0.6 is 11.3 Å². The summed E-state index contributed by atoms with van der Waals surface area (Å²) in [5.74, 6) is 0. The minimum atomic E-state index is 0.181. The summed E-state index contributed by atoms with van der Waals surface area (Å²) in [6, 6.07) is 5.80. The van der Waals surface area contributed by atoms with Gasteiger partial charge in [0.25, 0.3) is 0 Å². The van der Waals surface area contributed by atoms with Crippen LogP contribution in [0.4, 0.5) is 5.13 Å². The molecule has 2 heterocycles. The molecule has 0 atom stereocenters. The van der Waals surface area contributed by atoms with Crippen LogP contribution in [0.25, 0.3) is 10.7 Å². The average Bonchev–Trinajstić information content (AvgIpc) is 2.85. The largest absolute Gasteiger partial charge is 0.359 e. The molecule has 0 amide bonds. The molecule has 0 aliphatic carbocycles. The molecule has 0 fully saturated rings.